The molecular formula is C14H19N3O2S. The van der Waals surface area contributed by atoms with Gasteiger partial charge in [-0.3, -0.25) is 0 Å². The van der Waals surface area contributed by atoms with Crippen molar-refractivity contribution in [2.45, 2.75) is 46.1 Å². The second-order valence-electron chi connectivity index (χ2n) is 5.16. The number of nitrogens with one attached hydrogen (secondary N) is 1. The SMILES string of the molecule is CCC(C)(CC)Nc1ncnc2sc(C(=O)O)c(C)c12. The number of hydrogen-bond donors (Lipinski definition) is 2. The summed E-state index contributed by atoms with van der Waals surface area (Å²) in [6.07, 6.45) is 3.41. The number of rotatable bonds is 5. The summed E-state index contributed by atoms with van der Waals surface area (Å²) in [6.45, 7) is 8.20. The first-order valence-electron chi connectivity index (χ1n) is 6.67. The maximum absolute atomic E-state index is 11.2. The van der Waals surface area contributed by atoms with Gasteiger partial charge in [0, 0.05) is 5.54 Å². The van der Waals surface area contributed by atoms with Crippen LogP contribution in [0.1, 0.15) is 48.8 Å². The van der Waals surface area contributed by atoms with Crippen molar-refractivity contribution in [3.8, 4) is 0 Å². The highest BCUT2D eigenvalue weighted by Gasteiger charge is 2.24. The van der Waals surface area contributed by atoms with Gasteiger partial charge in [-0.05, 0) is 32.3 Å². The zero-order valence-corrected chi connectivity index (χ0v) is 13.0. The van der Waals surface area contributed by atoms with E-state index >= 15 is 0 Å². The summed E-state index contributed by atoms with van der Waals surface area (Å²) in [5, 5.41) is 13.5. The molecule has 0 atom stereocenters. The number of carboxylic acids is 1. The Bertz CT molecular complexity index is 647. The number of nitrogens with zero attached hydrogens (tertiary/aromatic N) is 2. The molecule has 0 bridgehead atoms. The summed E-state index contributed by atoms with van der Waals surface area (Å²) in [6, 6.07) is 0. The topological polar surface area (TPSA) is 75.1 Å². The van der Waals surface area contributed by atoms with E-state index in [0.29, 0.717) is 9.71 Å². The molecule has 0 saturated carbocycles. The van der Waals surface area contributed by atoms with E-state index in [1.54, 1.807) is 0 Å². The Balaban J connectivity index is 2.57. The number of aromatic carboxylic acids is 1. The van der Waals surface area contributed by atoms with Gasteiger partial charge in [-0.2, -0.15) is 0 Å². The van der Waals surface area contributed by atoms with Crippen molar-refractivity contribution < 1.29 is 9.90 Å². The fraction of sp³-hybridized carbons (Fsp3) is 0.500. The number of carboxylic acid groups (broad SMARTS) is 1. The molecule has 0 aliphatic carbocycles. The summed E-state index contributed by atoms with van der Waals surface area (Å²) in [5.41, 5.74) is 0.675. The molecule has 0 radical (unpaired) electrons. The van der Waals surface area contributed by atoms with E-state index in [9.17, 15) is 9.90 Å². The lowest BCUT2D eigenvalue weighted by atomic mass is 9.95. The van der Waals surface area contributed by atoms with Crippen LogP contribution in [-0.2, 0) is 0 Å². The Morgan fingerprint density at radius 2 is 2.05 bits per heavy atom. The zero-order chi connectivity index (χ0) is 14.9. The average Bonchev–Trinajstić information content (AvgIpc) is 2.77. The lowest BCUT2D eigenvalue weighted by Gasteiger charge is -2.29. The minimum absolute atomic E-state index is 0.0565. The molecule has 0 aromatic carbocycles. The van der Waals surface area contributed by atoms with E-state index in [1.165, 1.54) is 17.7 Å². The Hall–Kier alpha value is -1.69. The predicted octanol–water partition coefficient (Wildman–Crippen LogP) is 3.69. The number of anilines is 1. The summed E-state index contributed by atoms with van der Waals surface area (Å²) in [4.78, 5) is 20.8. The molecule has 108 valence electrons. The van der Waals surface area contributed by atoms with Gasteiger partial charge in [-0.15, -0.1) is 11.3 Å². The number of aromatic nitrogens is 2. The van der Waals surface area contributed by atoms with Gasteiger partial charge < -0.3 is 10.4 Å². The first-order valence-corrected chi connectivity index (χ1v) is 7.49. The number of hydrogen-bond acceptors (Lipinski definition) is 5. The summed E-state index contributed by atoms with van der Waals surface area (Å²) in [5.74, 6) is -0.187. The minimum Gasteiger partial charge on any atom is -0.477 e. The van der Waals surface area contributed by atoms with Crippen LogP contribution in [0.5, 0.6) is 0 Å². The lowest BCUT2D eigenvalue weighted by Crippen LogP contribution is -2.33. The Labute approximate surface area is 122 Å². The molecule has 0 spiro atoms. The van der Waals surface area contributed by atoms with Crippen LogP contribution in [0.15, 0.2) is 6.33 Å². The highest BCUT2D eigenvalue weighted by molar-refractivity contribution is 7.20. The van der Waals surface area contributed by atoms with Crippen molar-refractivity contribution in [1.82, 2.24) is 9.97 Å². The van der Waals surface area contributed by atoms with Crippen LogP contribution in [0, 0.1) is 6.92 Å². The molecule has 6 heteroatoms. The van der Waals surface area contributed by atoms with Gasteiger partial charge in [0.1, 0.15) is 21.9 Å². The van der Waals surface area contributed by atoms with Gasteiger partial charge in [0.05, 0.1) is 5.39 Å². The number of fused-ring (bicyclic) bond motifs is 1. The first-order chi connectivity index (χ1) is 9.41. The van der Waals surface area contributed by atoms with Crippen LogP contribution < -0.4 is 5.32 Å². The molecule has 0 amide bonds. The second-order valence-corrected chi connectivity index (χ2v) is 6.16. The average molecular weight is 293 g/mol. The Morgan fingerprint density at radius 3 is 2.60 bits per heavy atom. The maximum Gasteiger partial charge on any atom is 0.346 e. The van der Waals surface area contributed by atoms with E-state index in [-0.39, 0.29) is 5.54 Å². The standard InChI is InChI=1S/C14H19N3O2S/c1-5-14(4,6-2)17-11-9-8(3)10(13(18)19)20-12(9)16-7-15-11/h7H,5-6H2,1-4H3,(H,18,19)(H,15,16,17). The summed E-state index contributed by atoms with van der Waals surface area (Å²) < 4.78 is 0. The van der Waals surface area contributed by atoms with E-state index in [1.807, 2.05) is 6.92 Å². The first kappa shape index (κ1) is 14.7. The van der Waals surface area contributed by atoms with Crippen molar-refractivity contribution in [3.05, 3.63) is 16.8 Å². The molecule has 2 aromatic rings. The predicted molar refractivity (Wildman–Crippen MR) is 81.7 cm³/mol. The van der Waals surface area contributed by atoms with E-state index < -0.39 is 5.97 Å². The van der Waals surface area contributed by atoms with Crippen molar-refractivity contribution >= 4 is 33.3 Å². The lowest BCUT2D eigenvalue weighted by molar-refractivity contribution is 0.0701. The molecule has 5 nitrogen and oxygen atoms in total. The highest BCUT2D eigenvalue weighted by Crippen LogP contribution is 2.34. The van der Waals surface area contributed by atoms with Crippen molar-refractivity contribution in [1.29, 1.82) is 0 Å². The summed E-state index contributed by atoms with van der Waals surface area (Å²) in [7, 11) is 0. The molecule has 2 heterocycles. The Morgan fingerprint density at radius 1 is 1.40 bits per heavy atom. The molecule has 20 heavy (non-hydrogen) atoms. The Kier molecular flexibility index (Phi) is 3.94. The highest BCUT2D eigenvalue weighted by atomic mass is 32.1. The molecule has 0 saturated heterocycles. The molecule has 0 fully saturated rings. The third kappa shape index (κ3) is 2.47. The fourth-order valence-corrected chi connectivity index (χ4v) is 3.07. The molecule has 0 aliphatic heterocycles. The molecule has 0 aliphatic rings. The van der Waals surface area contributed by atoms with Crippen LogP contribution in [-0.4, -0.2) is 26.6 Å². The number of thiophene rings is 1. The summed E-state index contributed by atoms with van der Waals surface area (Å²) >= 11 is 1.20. The largest absolute Gasteiger partial charge is 0.477 e. The maximum atomic E-state index is 11.2. The van der Waals surface area contributed by atoms with Crippen LogP contribution in [0.4, 0.5) is 5.82 Å². The van der Waals surface area contributed by atoms with E-state index in [0.717, 1.165) is 29.6 Å². The monoisotopic (exact) mass is 293 g/mol. The van der Waals surface area contributed by atoms with Crippen molar-refractivity contribution in [2.75, 3.05) is 5.32 Å². The molecule has 2 rings (SSSR count). The second kappa shape index (κ2) is 5.36. The van der Waals surface area contributed by atoms with E-state index in [4.69, 9.17) is 0 Å². The van der Waals surface area contributed by atoms with Crippen molar-refractivity contribution in [3.63, 3.8) is 0 Å². The van der Waals surface area contributed by atoms with Crippen LogP contribution >= 0.6 is 11.3 Å². The number of aryl methyl sites for hydroxylation is 1. The smallest absolute Gasteiger partial charge is 0.346 e. The van der Waals surface area contributed by atoms with E-state index in [2.05, 4.69) is 36.1 Å². The van der Waals surface area contributed by atoms with Crippen LogP contribution in [0.2, 0.25) is 0 Å². The number of carbonyl (C=O) groups is 1. The van der Waals surface area contributed by atoms with Gasteiger partial charge in [0.2, 0.25) is 0 Å². The minimum atomic E-state index is -0.912. The molecule has 2 aromatic heterocycles. The molecule has 0 unspecified atom stereocenters. The van der Waals surface area contributed by atoms with Crippen molar-refractivity contribution in [2.24, 2.45) is 0 Å². The van der Waals surface area contributed by atoms with Gasteiger partial charge in [-0.1, -0.05) is 13.8 Å². The van der Waals surface area contributed by atoms with Gasteiger partial charge in [0.25, 0.3) is 0 Å². The van der Waals surface area contributed by atoms with Gasteiger partial charge in [-0.25, -0.2) is 14.8 Å². The molecular weight excluding hydrogens is 274 g/mol. The van der Waals surface area contributed by atoms with Crippen LogP contribution in [0.3, 0.4) is 0 Å². The quantitative estimate of drug-likeness (QED) is 0.879. The fourth-order valence-electron chi connectivity index (χ4n) is 2.08. The molecule has 2 N–H and O–H groups in total. The third-order valence-corrected chi connectivity index (χ3v) is 5.09. The van der Waals surface area contributed by atoms with Crippen LogP contribution in [0.25, 0.3) is 10.2 Å². The third-order valence-electron chi connectivity index (χ3n) is 3.90. The van der Waals surface area contributed by atoms with Gasteiger partial charge >= 0.3 is 5.97 Å². The van der Waals surface area contributed by atoms with Gasteiger partial charge in [0.15, 0.2) is 0 Å². The zero-order valence-electron chi connectivity index (χ0n) is 12.1. The normalized spacial score (nSPS) is 11.8.